The first-order chi connectivity index (χ1) is 31.4. The van der Waals surface area contributed by atoms with E-state index in [-0.39, 0.29) is 5.41 Å². The Labute approximate surface area is 377 Å². The molecule has 0 aromatic heterocycles. The number of hydrogen-bond donors (Lipinski definition) is 1. The minimum absolute atomic E-state index is 0.186. The van der Waals surface area contributed by atoms with E-state index in [1.807, 2.05) is 6.07 Å². The van der Waals surface area contributed by atoms with E-state index in [0.717, 1.165) is 23.3 Å². The van der Waals surface area contributed by atoms with Crippen molar-refractivity contribution in [3.63, 3.8) is 0 Å². The molecular weight excluding hydrogens is 771 g/mol. The van der Waals surface area contributed by atoms with Gasteiger partial charge >= 0.3 is 0 Å². The maximum absolute atomic E-state index is 7.05. The number of nitrogens with two attached hydrogens (primary N) is 1. The summed E-state index contributed by atoms with van der Waals surface area (Å²) >= 11 is 0. The second kappa shape index (κ2) is 15.9. The molecule has 306 valence electrons. The number of hydrogen-bond acceptors (Lipinski definition) is 1. The molecule has 11 rings (SSSR count). The summed E-state index contributed by atoms with van der Waals surface area (Å²) in [5.41, 5.74) is 29.4. The Morgan fingerprint density at radius 3 is 1.52 bits per heavy atom. The Morgan fingerprint density at radius 1 is 0.422 bits per heavy atom. The van der Waals surface area contributed by atoms with Gasteiger partial charge in [0, 0.05) is 11.1 Å². The van der Waals surface area contributed by atoms with Crippen LogP contribution >= 0.6 is 0 Å². The lowest BCUT2D eigenvalue weighted by molar-refractivity contribution is 0.563. The molecule has 1 heteroatoms. The molecule has 2 aliphatic carbocycles. The zero-order valence-electron chi connectivity index (χ0n) is 36.3. The average molecular weight is 820 g/mol. The molecule has 0 unspecified atom stereocenters. The van der Waals surface area contributed by atoms with E-state index >= 15 is 0 Å². The van der Waals surface area contributed by atoms with Crippen LogP contribution in [0, 0.1) is 0 Å². The molecule has 0 radical (unpaired) electrons. The van der Waals surface area contributed by atoms with Gasteiger partial charge in [-0.15, -0.1) is 0 Å². The van der Waals surface area contributed by atoms with Gasteiger partial charge < -0.3 is 5.73 Å². The molecule has 1 nitrogen and oxygen atoms in total. The van der Waals surface area contributed by atoms with Gasteiger partial charge in [-0.2, -0.15) is 0 Å². The van der Waals surface area contributed by atoms with E-state index in [4.69, 9.17) is 5.73 Å². The first kappa shape index (κ1) is 39.1. The van der Waals surface area contributed by atoms with Crippen LogP contribution in [-0.4, -0.2) is 0 Å². The lowest BCUT2D eigenvalue weighted by Crippen LogP contribution is -2.40. The fraction of sp³-hybridized carbons (Fsp3) is 0.0794. The van der Waals surface area contributed by atoms with E-state index in [2.05, 4.69) is 244 Å². The number of benzene rings is 9. The molecule has 0 saturated heterocycles. The fourth-order valence-corrected chi connectivity index (χ4v) is 10.7. The molecule has 2 N–H and O–H groups in total. The molecule has 9 aromatic carbocycles. The van der Waals surface area contributed by atoms with Gasteiger partial charge in [0.25, 0.3) is 0 Å². The molecule has 0 heterocycles. The summed E-state index contributed by atoms with van der Waals surface area (Å²) in [7, 11) is 0. The van der Waals surface area contributed by atoms with Crippen molar-refractivity contribution in [1.82, 2.24) is 0 Å². The maximum atomic E-state index is 7.05. The van der Waals surface area contributed by atoms with Crippen molar-refractivity contribution < 1.29 is 0 Å². The second-order valence-corrected chi connectivity index (χ2v) is 17.8. The van der Waals surface area contributed by atoms with Crippen LogP contribution in [0.15, 0.2) is 237 Å². The first-order valence-corrected chi connectivity index (χ1v) is 22.4. The van der Waals surface area contributed by atoms with Crippen LogP contribution in [0.3, 0.4) is 0 Å². The Balaban J connectivity index is 1.13. The van der Waals surface area contributed by atoms with Crippen molar-refractivity contribution in [2.75, 3.05) is 0 Å². The van der Waals surface area contributed by atoms with E-state index in [1.54, 1.807) is 0 Å². The summed E-state index contributed by atoms with van der Waals surface area (Å²) in [5.74, 6) is 0. The normalized spacial score (nSPS) is 14.3. The second-order valence-electron chi connectivity index (χ2n) is 17.8. The summed E-state index contributed by atoms with van der Waals surface area (Å²) < 4.78 is 0. The van der Waals surface area contributed by atoms with Crippen molar-refractivity contribution in [1.29, 1.82) is 0 Å². The highest BCUT2D eigenvalue weighted by molar-refractivity contribution is 5.99. The topological polar surface area (TPSA) is 26.0 Å². The number of fused-ring (bicyclic) bond motifs is 9. The minimum Gasteiger partial charge on any atom is -0.398 e. The van der Waals surface area contributed by atoms with Crippen LogP contribution in [0.5, 0.6) is 0 Å². The van der Waals surface area contributed by atoms with Crippen molar-refractivity contribution >= 4 is 11.3 Å². The van der Waals surface area contributed by atoms with Gasteiger partial charge in [-0.25, -0.2) is 0 Å². The van der Waals surface area contributed by atoms with Crippen LogP contribution in [0.1, 0.15) is 63.9 Å². The lowest BCUT2D eigenvalue weighted by Gasteiger charge is -2.46. The monoisotopic (exact) mass is 819 g/mol. The third-order valence-electron chi connectivity index (χ3n) is 13.8. The summed E-state index contributed by atoms with van der Waals surface area (Å²) in [6, 6.07) is 82.2. The van der Waals surface area contributed by atoms with Crippen LogP contribution in [0.4, 0.5) is 0 Å². The van der Waals surface area contributed by atoms with Crippen molar-refractivity contribution in [3.8, 4) is 44.5 Å². The van der Waals surface area contributed by atoms with E-state index < -0.39 is 5.41 Å². The van der Waals surface area contributed by atoms with E-state index in [9.17, 15) is 0 Å². The smallest absolute Gasteiger partial charge is 0.0719 e. The highest BCUT2D eigenvalue weighted by Gasteiger charge is 2.53. The molecular formula is C63H49N. The molecule has 0 fully saturated rings. The Kier molecular flexibility index (Phi) is 9.70. The standard InChI is InChI=1S/C63H49N/c1-62(2)55-27-12-14-29-57(55)63(58-30-15-13-28-56(58)62)54-39-38-50(46-36-34-45(35-37-46)49-25-16-24-48(40-49)44-20-8-4-9-21-44)41-53(54)61-52(26-17-31-59(61)63)51(33-32-43-18-6-3-7-19-43)42-60(64)47-22-10-5-11-23-47/h3-31,33-42H,32,64H2,1-2H3/b51-33+,60-42-. The molecule has 0 atom stereocenters. The Morgan fingerprint density at radius 2 is 0.891 bits per heavy atom. The number of allylic oxidation sites excluding steroid dienone is 3. The third-order valence-corrected chi connectivity index (χ3v) is 13.8. The van der Waals surface area contributed by atoms with Crippen LogP contribution in [-0.2, 0) is 17.3 Å². The van der Waals surface area contributed by atoms with Gasteiger partial charge in [-0.1, -0.05) is 232 Å². The van der Waals surface area contributed by atoms with E-state index in [1.165, 1.54) is 89.0 Å². The Bertz CT molecular complexity index is 3190. The van der Waals surface area contributed by atoms with Gasteiger partial charge in [0.2, 0.25) is 0 Å². The van der Waals surface area contributed by atoms with Crippen LogP contribution in [0.25, 0.3) is 55.8 Å². The lowest BCUT2D eigenvalue weighted by atomic mass is 9.55. The van der Waals surface area contributed by atoms with Crippen molar-refractivity contribution in [3.05, 3.63) is 287 Å². The largest absolute Gasteiger partial charge is 0.398 e. The molecule has 1 spiro atoms. The molecule has 0 aliphatic heterocycles. The predicted octanol–water partition coefficient (Wildman–Crippen LogP) is 15.3. The maximum Gasteiger partial charge on any atom is 0.0719 e. The van der Waals surface area contributed by atoms with Crippen molar-refractivity contribution in [2.45, 2.75) is 31.1 Å². The van der Waals surface area contributed by atoms with Crippen LogP contribution < -0.4 is 5.73 Å². The molecule has 0 saturated carbocycles. The zero-order chi connectivity index (χ0) is 43.3. The molecule has 9 aromatic rings. The quantitative estimate of drug-likeness (QED) is 0.152. The third kappa shape index (κ3) is 6.47. The van der Waals surface area contributed by atoms with Crippen LogP contribution in [0.2, 0.25) is 0 Å². The molecule has 64 heavy (non-hydrogen) atoms. The van der Waals surface area contributed by atoms with Gasteiger partial charge in [0.05, 0.1) is 5.41 Å². The van der Waals surface area contributed by atoms with Gasteiger partial charge in [-0.05, 0) is 125 Å². The minimum atomic E-state index is -0.533. The van der Waals surface area contributed by atoms with Gasteiger partial charge in [0.1, 0.15) is 0 Å². The molecule has 0 amide bonds. The predicted molar refractivity (Wildman–Crippen MR) is 269 cm³/mol. The summed E-state index contributed by atoms with van der Waals surface area (Å²) in [6.45, 7) is 4.77. The highest BCUT2D eigenvalue weighted by Crippen LogP contribution is 2.63. The highest BCUT2D eigenvalue weighted by atomic mass is 14.6. The van der Waals surface area contributed by atoms with Crippen molar-refractivity contribution in [2.24, 2.45) is 5.73 Å². The van der Waals surface area contributed by atoms with Gasteiger partial charge in [-0.3, -0.25) is 0 Å². The average Bonchev–Trinajstić information content (AvgIpc) is 3.66. The van der Waals surface area contributed by atoms with E-state index in [0.29, 0.717) is 0 Å². The number of rotatable bonds is 8. The first-order valence-electron chi connectivity index (χ1n) is 22.4. The molecule has 2 aliphatic rings. The summed E-state index contributed by atoms with van der Waals surface area (Å²) in [5, 5.41) is 0. The zero-order valence-corrected chi connectivity index (χ0v) is 36.3. The SMILES string of the molecule is CC1(C)c2ccccc2C2(c3ccc(-c4ccc(-c5cccc(-c6ccccc6)c5)cc4)cc3-c3c(C(/C=C(\N)c4ccccc4)=C/Cc4ccccc4)cccc32)c2ccccc21. The fourth-order valence-electron chi connectivity index (χ4n) is 10.7. The Hall–Kier alpha value is -7.74. The van der Waals surface area contributed by atoms with Gasteiger partial charge in [0.15, 0.2) is 0 Å². The summed E-state index contributed by atoms with van der Waals surface area (Å²) in [4.78, 5) is 0. The summed E-state index contributed by atoms with van der Waals surface area (Å²) in [6.07, 6.45) is 5.34. The molecule has 0 bridgehead atoms.